The summed E-state index contributed by atoms with van der Waals surface area (Å²) in [7, 11) is 0. The van der Waals surface area contributed by atoms with Gasteiger partial charge < -0.3 is 5.11 Å². The minimum absolute atomic E-state index is 0.227. The lowest BCUT2D eigenvalue weighted by Gasteiger charge is -1.92. The number of aliphatic carboxylic acids is 1. The van der Waals surface area contributed by atoms with Crippen molar-refractivity contribution < 1.29 is 9.90 Å². The zero-order chi connectivity index (χ0) is 8.69. The van der Waals surface area contributed by atoms with Gasteiger partial charge in [-0.2, -0.15) is 0 Å². The second kappa shape index (κ2) is 6.23. The van der Waals surface area contributed by atoms with Crippen LogP contribution in [0.15, 0.2) is 11.1 Å². The highest BCUT2D eigenvalue weighted by Gasteiger charge is 1.94. The summed E-state index contributed by atoms with van der Waals surface area (Å²) in [4.78, 5) is 10.1. The van der Waals surface area contributed by atoms with Gasteiger partial charge in [-0.05, 0) is 19.3 Å². The van der Waals surface area contributed by atoms with Gasteiger partial charge in [0.25, 0.3) is 0 Å². The summed E-state index contributed by atoms with van der Waals surface area (Å²) in [6, 6.07) is 0. The van der Waals surface area contributed by atoms with Crippen LogP contribution in [-0.4, -0.2) is 11.1 Å². The van der Waals surface area contributed by atoms with Gasteiger partial charge in [0.05, 0.1) is 0 Å². The Morgan fingerprint density at radius 2 is 2.27 bits per heavy atom. The van der Waals surface area contributed by atoms with Crippen LogP contribution in [0.1, 0.15) is 32.6 Å². The van der Waals surface area contributed by atoms with Gasteiger partial charge in [-0.3, -0.25) is 4.79 Å². The van der Waals surface area contributed by atoms with Crippen molar-refractivity contribution in [3.8, 4) is 0 Å². The van der Waals surface area contributed by atoms with Crippen molar-refractivity contribution in [1.82, 2.24) is 0 Å². The van der Waals surface area contributed by atoms with Crippen LogP contribution in [0, 0.1) is 0 Å². The Hall–Kier alpha value is -0.500. The van der Waals surface area contributed by atoms with Gasteiger partial charge in [-0.1, -0.05) is 24.6 Å². The van der Waals surface area contributed by atoms with Crippen LogP contribution in [0.3, 0.4) is 0 Å². The van der Waals surface area contributed by atoms with Crippen molar-refractivity contribution in [2.45, 2.75) is 32.6 Å². The first kappa shape index (κ1) is 10.5. The monoisotopic (exact) mass is 176 g/mol. The predicted molar refractivity (Wildman–Crippen MR) is 45.7 cm³/mol. The highest BCUT2D eigenvalue weighted by atomic mass is 35.5. The molecule has 0 fully saturated rings. The molecule has 0 bridgehead atoms. The molecule has 0 aromatic heterocycles. The Kier molecular flexibility index (Phi) is 5.94. The summed E-state index contributed by atoms with van der Waals surface area (Å²) in [5, 5.41) is 9.10. The smallest absolute Gasteiger partial charge is 0.303 e. The van der Waals surface area contributed by atoms with E-state index in [0.717, 1.165) is 17.9 Å². The van der Waals surface area contributed by atoms with Gasteiger partial charge in [0.2, 0.25) is 0 Å². The molecule has 0 aliphatic heterocycles. The van der Waals surface area contributed by atoms with Crippen molar-refractivity contribution in [2.24, 2.45) is 0 Å². The Balaban J connectivity index is 3.33. The molecule has 0 unspecified atom stereocenters. The van der Waals surface area contributed by atoms with E-state index in [9.17, 15) is 4.79 Å². The molecule has 0 amide bonds. The molecular formula is C8H13ClO2. The van der Waals surface area contributed by atoms with Crippen LogP contribution in [-0.2, 0) is 4.79 Å². The number of allylic oxidation sites excluding steroid dienone is 2. The second-order valence-electron chi connectivity index (χ2n) is 2.29. The van der Waals surface area contributed by atoms with Crippen LogP contribution >= 0.6 is 11.6 Å². The zero-order valence-corrected chi connectivity index (χ0v) is 7.40. The van der Waals surface area contributed by atoms with Crippen molar-refractivity contribution in [1.29, 1.82) is 0 Å². The lowest BCUT2D eigenvalue weighted by molar-refractivity contribution is -0.137. The Morgan fingerprint density at radius 1 is 1.64 bits per heavy atom. The van der Waals surface area contributed by atoms with E-state index in [0.29, 0.717) is 6.42 Å². The van der Waals surface area contributed by atoms with E-state index in [1.807, 2.05) is 13.0 Å². The fraction of sp³-hybridized carbons (Fsp3) is 0.625. The van der Waals surface area contributed by atoms with Crippen LogP contribution < -0.4 is 0 Å². The molecular weight excluding hydrogens is 164 g/mol. The van der Waals surface area contributed by atoms with Crippen LogP contribution in [0.25, 0.3) is 0 Å². The number of carboxylic acid groups (broad SMARTS) is 1. The van der Waals surface area contributed by atoms with Crippen molar-refractivity contribution in [2.75, 3.05) is 0 Å². The molecule has 0 aromatic carbocycles. The van der Waals surface area contributed by atoms with Crippen molar-refractivity contribution in [3.63, 3.8) is 0 Å². The molecule has 0 aromatic rings. The lowest BCUT2D eigenvalue weighted by atomic mass is 10.2. The van der Waals surface area contributed by atoms with Crippen LogP contribution in [0.4, 0.5) is 0 Å². The number of carbonyl (C=O) groups is 1. The first-order valence-corrected chi connectivity index (χ1v) is 4.11. The summed E-state index contributed by atoms with van der Waals surface area (Å²) in [5.41, 5.74) is 0. The van der Waals surface area contributed by atoms with Gasteiger partial charge in [-0.25, -0.2) is 0 Å². The third-order valence-corrected chi connectivity index (χ3v) is 1.72. The molecule has 0 saturated heterocycles. The predicted octanol–water partition coefficient (Wildman–Crippen LogP) is 2.77. The molecule has 0 aliphatic carbocycles. The zero-order valence-electron chi connectivity index (χ0n) is 6.64. The topological polar surface area (TPSA) is 37.3 Å². The van der Waals surface area contributed by atoms with E-state index in [2.05, 4.69) is 0 Å². The first-order valence-electron chi connectivity index (χ1n) is 3.73. The fourth-order valence-corrected chi connectivity index (χ4v) is 0.765. The molecule has 0 rings (SSSR count). The molecule has 2 nitrogen and oxygen atoms in total. The maximum Gasteiger partial charge on any atom is 0.303 e. The largest absolute Gasteiger partial charge is 0.481 e. The summed E-state index contributed by atoms with van der Waals surface area (Å²) in [6.07, 6.45) is 4.37. The van der Waals surface area contributed by atoms with E-state index in [1.165, 1.54) is 0 Å². The van der Waals surface area contributed by atoms with E-state index < -0.39 is 5.97 Å². The third-order valence-electron chi connectivity index (χ3n) is 1.30. The Morgan fingerprint density at radius 3 is 2.73 bits per heavy atom. The van der Waals surface area contributed by atoms with Crippen LogP contribution in [0.2, 0.25) is 0 Å². The average molecular weight is 177 g/mol. The minimum atomic E-state index is -0.744. The number of rotatable bonds is 5. The van der Waals surface area contributed by atoms with E-state index in [1.54, 1.807) is 0 Å². The molecule has 0 spiro atoms. The molecule has 1 N–H and O–H groups in total. The van der Waals surface area contributed by atoms with Gasteiger partial charge in [0, 0.05) is 11.5 Å². The van der Waals surface area contributed by atoms with E-state index in [4.69, 9.17) is 16.7 Å². The van der Waals surface area contributed by atoms with Crippen molar-refractivity contribution in [3.05, 3.63) is 11.1 Å². The molecule has 0 heterocycles. The van der Waals surface area contributed by atoms with Gasteiger partial charge in [-0.15, -0.1) is 0 Å². The van der Waals surface area contributed by atoms with Crippen LogP contribution in [0.5, 0.6) is 0 Å². The molecule has 0 aliphatic rings. The molecule has 11 heavy (non-hydrogen) atoms. The Bertz CT molecular complexity index is 152. The summed E-state index contributed by atoms with van der Waals surface area (Å²) < 4.78 is 0. The van der Waals surface area contributed by atoms with Crippen molar-refractivity contribution >= 4 is 17.6 Å². The number of hydrogen-bond acceptors (Lipinski definition) is 1. The average Bonchev–Trinajstić information content (AvgIpc) is 1.97. The van der Waals surface area contributed by atoms with E-state index in [-0.39, 0.29) is 6.42 Å². The standard InChI is InChI=1S/C8H13ClO2/c1-2-7(9)5-3-4-6-8(10)11/h5H,2-4,6H2,1H3,(H,10,11)/b7-5-. The number of halogens is 1. The highest BCUT2D eigenvalue weighted by molar-refractivity contribution is 6.29. The molecule has 0 radical (unpaired) electrons. The third kappa shape index (κ3) is 7.40. The molecule has 64 valence electrons. The van der Waals surface area contributed by atoms with Gasteiger partial charge in [0.1, 0.15) is 0 Å². The fourth-order valence-electron chi connectivity index (χ4n) is 0.656. The minimum Gasteiger partial charge on any atom is -0.481 e. The normalized spacial score (nSPS) is 11.6. The van der Waals surface area contributed by atoms with E-state index >= 15 is 0 Å². The van der Waals surface area contributed by atoms with Gasteiger partial charge in [0.15, 0.2) is 0 Å². The maximum absolute atomic E-state index is 10.1. The summed E-state index contributed by atoms with van der Waals surface area (Å²) >= 11 is 5.69. The number of carboxylic acids is 1. The maximum atomic E-state index is 10.1. The number of hydrogen-bond donors (Lipinski definition) is 1. The molecule has 0 saturated carbocycles. The molecule has 3 heteroatoms. The number of unbranched alkanes of at least 4 members (excludes halogenated alkanes) is 1. The summed E-state index contributed by atoms with van der Waals surface area (Å²) in [5.74, 6) is -0.744. The summed E-state index contributed by atoms with van der Waals surface area (Å²) in [6.45, 7) is 1.97. The lowest BCUT2D eigenvalue weighted by Crippen LogP contribution is -1.92. The highest BCUT2D eigenvalue weighted by Crippen LogP contribution is 2.08. The SMILES string of the molecule is CC/C(Cl)=C/CCCC(=O)O. The quantitative estimate of drug-likeness (QED) is 0.654. The second-order valence-corrected chi connectivity index (χ2v) is 2.78. The molecule has 0 atom stereocenters. The van der Waals surface area contributed by atoms with Gasteiger partial charge >= 0.3 is 5.97 Å². The first-order chi connectivity index (χ1) is 5.16. The Labute approximate surface area is 71.9 Å².